The van der Waals surface area contributed by atoms with Crippen molar-refractivity contribution in [1.29, 1.82) is 0 Å². The second-order valence-corrected chi connectivity index (χ2v) is 10.7. The molecule has 3 atom stereocenters. The summed E-state index contributed by atoms with van der Waals surface area (Å²) < 4.78 is 0. The van der Waals surface area contributed by atoms with Crippen molar-refractivity contribution in [2.24, 2.45) is 16.8 Å². The van der Waals surface area contributed by atoms with Crippen LogP contribution in [-0.2, 0) is 14.4 Å². The molecule has 8 heteroatoms. The number of benzene rings is 2. The third-order valence-corrected chi connectivity index (χ3v) is 8.53. The number of aliphatic imine (C=N–C) groups is 1. The van der Waals surface area contributed by atoms with Gasteiger partial charge in [-0.15, -0.1) is 0 Å². The molecule has 3 heterocycles. The van der Waals surface area contributed by atoms with Crippen molar-refractivity contribution in [3.05, 3.63) is 101 Å². The van der Waals surface area contributed by atoms with Crippen molar-refractivity contribution >= 4 is 35.0 Å². The lowest BCUT2D eigenvalue weighted by Crippen LogP contribution is -2.57. The van der Waals surface area contributed by atoms with E-state index in [1.807, 2.05) is 24.3 Å². The number of nitrogens with zero attached hydrogens (tertiary/aromatic N) is 2. The average molecular weight is 519 g/mol. The van der Waals surface area contributed by atoms with Gasteiger partial charge in [-0.1, -0.05) is 73.2 Å². The van der Waals surface area contributed by atoms with Crippen molar-refractivity contribution in [2.75, 3.05) is 0 Å². The van der Waals surface area contributed by atoms with E-state index < -0.39 is 35.2 Å². The molecule has 1 saturated carbocycles. The minimum absolute atomic E-state index is 0.0217. The average Bonchev–Trinajstić information content (AvgIpc) is 3.25. The maximum Gasteiger partial charge on any atom is 0.328 e. The summed E-state index contributed by atoms with van der Waals surface area (Å²) >= 11 is 0. The fourth-order valence-corrected chi connectivity index (χ4v) is 6.92. The minimum atomic E-state index is -1.41. The van der Waals surface area contributed by atoms with Crippen LogP contribution >= 0.6 is 0 Å². The molecule has 39 heavy (non-hydrogen) atoms. The second kappa shape index (κ2) is 8.73. The summed E-state index contributed by atoms with van der Waals surface area (Å²) in [7, 11) is 0. The molecule has 3 aliphatic heterocycles. The van der Waals surface area contributed by atoms with Gasteiger partial charge >= 0.3 is 6.03 Å². The molecule has 0 radical (unpaired) electrons. The Bertz CT molecular complexity index is 1540. The Balaban J connectivity index is 1.40. The van der Waals surface area contributed by atoms with Crippen molar-refractivity contribution in [2.45, 2.75) is 37.3 Å². The molecule has 0 aromatic heterocycles. The molecule has 4 amide bonds. The van der Waals surface area contributed by atoms with Gasteiger partial charge in [-0.25, -0.2) is 4.79 Å². The number of hydrogen-bond acceptors (Lipinski definition) is 6. The van der Waals surface area contributed by atoms with Crippen molar-refractivity contribution in [3.63, 3.8) is 0 Å². The summed E-state index contributed by atoms with van der Waals surface area (Å²) in [4.78, 5) is 57.9. The van der Waals surface area contributed by atoms with Crippen molar-refractivity contribution in [1.82, 2.24) is 15.5 Å². The van der Waals surface area contributed by atoms with Gasteiger partial charge in [-0.2, -0.15) is 0 Å². The van der Waals surface area contributed by atoms with Crippen LogP contribution in [0.1, 0.15) is 42.7 Å². The molecular formula is C31H26N4O4. The van der Waals surface area contributed by atoms with E-state index in [1.54, 1.807) is 6.08 Å². The molecule has 2 aromatic carbocycles. The van der Waals surface area contributed by atoms with E-state index in [-0.39, 0.29) is 17.4 Å². The lowest BCUT2D eigenvalue weighted by atomic mass is 9.66. The summed E-state index contributed by atoms with van der Waals surface area (Å²) in [6.07, 6.45) is 9.30. The number of ketones is 1. The molecule has 2 aromatic rings. The van der Waals surface area contributed by atoms with Crippen LogP contribution in [0.4, 0.5) is 4.79 Å². The van der Waals surface area contributed by atoms with E-state index in [0.717, 1.165) is 36.9 Å². The number of carbonyl (C=O) groups excluding carboxylic acids is 4. The van der Waals surface area contributed by atoms with E-state index in [4.69, 9.17) is 4.99 Å². The van der Waals surface area contributed by atoms with Crippen molar-refractivity contribution in [3.8, 4) is 0 Å². The summed E-state index contributed by atoms with van der Waals surface area (Å²) in [5.41, 5.74) is 3.96. The number of urea groups is 1. The Morgan fingerprint density at radius 1 is 0.821 bits per heavy atom. The third kappa shape index (κ3) is 3.55. The molecule has 8 nitrogen and oxygen atoms in total. The first-order chi connectivity index (χ1) is 19.0. The first-order valence-electron chi connectivity index (χ1n) is 13.3. The maximum absolute atomic E-state index is 13.5. The molecule has 194 valence electrons. The van der Waals surface area contributed by atoms with Gasteiger partial charge in [0.05, 0.1) is 11.4 Å². The SMILES string of the molecule is O=C1NC(=O)C(C2=CC3=NC45CCCCC4C(c4ccccc4)C=C(c4ccccc4)N5C3=CC2=O)C(=O)N1. The zero-order chi connectivity index (χ0) is 26.7. The molecule has 5 aliphatic rings. The van der Waals surface area contributed by atoms with Gasteiger partial charge in [0.1, 0.15) is 11.6 Å². The van der Waals surface area contributed by atoms with Crippen LogP contribution in [0.3, 0.4) is 0 Å². The molecule has 2 N–H and O–H groups in total. The van der Waals surface area contributed by atoms with Crippen LogP contribution in [-0.4, -0.2) is 39.9 Å². The van der Waals surface area contributed by atoms with Crippen LogP contribution in [0.25, 0.3) is 5.70 Å². The lowest BCUT2D eigenvalue weighted by Gasteiger charge is -2.53. The highest BCUT2D eigenvalue weighted by Gasteiger charge is 2.57. The number of rotatable bonds is 3. The number of allylic oxidation sites excluding steroid dienone is 3. The van der Waals surface area contributed by atoms with Gasteiger partial charge in [-0.05, 0) is 36.5 Å². The number of fused-ring (bicyclic) bond motifs is 2. The van der Waals surface area contributed by atoms with E-state index in [9.17, 15) is 19.2 Å². The number of carbonyl (C=O) groups is 4. The number of nitrogens with one attached hydrogen (secondary N) is 2. The standard InChI is InChI=1S/C31H26N4O4/c36-26-17-25-23(15-21(26)27-28(37)32-30(39)33-29(27)38)34-31-14-8-7-13-22(31)20(18-9-3-1-4-10-18)16-24(35(25)31)19-11-5-2-6-12-19/h1-6,9-12,15-17,20,22,27H,7-8,13-14H2,(H2,32,33,37,38,39). The number of hydrogen-bond donors (Lipinski definition) is 2. The predicted octanol–water partition coefficient (Wildman–Crippen LogP) is 3.84. The smallest absolute Gasteiger partial charge is 0.313 e. The van der Waals surface area contributed by atoms with Gasteiger partial charge < -0.3 is 4.90 Å². The molecule has 2 aliphatic carbocycles. The van der Waals surface area contributed by atoms with Gasteiger partial charge in [0.15, 0.2) is 5.78 Å². The Kier molecular flexibility index (Phi) is 5.26. The second-order valence-electron chi connectivity index (χ2n) is 10.7. The number of barbiturate groups is 1. The molecular weight excluding hydrogens is 492 g/mol. The molecule has 0 bridgehead atoms. The molecule has 7 rings (SSSR count). The normalized spacial score (nSPS) is 28.3. The fraction of sp³-hybridized carbons (Fsp3) is 0.258. The van der Waals surface area contributed by atoms with E-state index in [0.29, 0.717) is 11.4 Å². The van der Waals surface area contributed by atoms with Crippen LogP contribution in [0, 0.1) is 11.8 Å². The lowest BCUT2D eigenvalue weighted by molar-refractivity contribution is -0.135. The van der Waals surface area contributed by atoms with Gasteiger partial charge in [-0.3, -0.25) is 30.0 Å². The Labute approximate surface area is 225 Å². The molecule has 3 unspecified atom stereocenters. The third-order valence-electron chi connectivity index (χ3n) is 8.53. The molecule has 1 saturated heterocycles. The van der Waals surface area contributed by atoms with Crippen LogP contribution in [0.2, 0.25) is 0 Å². The highest BCUT2D eigenvalue weighted by Crippen LogP contribution is 2.58. The molecule has 1 spiro atoms. The van der Waals surface area contributed by atoms with Gasteiger partial charge in [0, 0.05) is 29.2 Å². The topological polar surface area (TPSA) is 108 Å². The fourth-order valence-electron chi connectivity index (χ4n) is 6.92. The molecule has 2 fully saturated rings. The summed E-state index contributed by atoms with van der Waals surface area (Å²) in [5.74, 6) is -3.16. The Morgan fingerprint density at radius 3 is 2.23 bits per heavy atom. The van der Waals surface area contributed by atoms with Crippen LogP contribution in [0.5, 0.6) is 0 Å². The number of amides is 4. The zero-order valence-electron chi connectivity index (χ0n) is 21.1. The predicted molar refractivity (Wildman–Crippen MR) is 144 cm³/mol. The zero-order valence-corrected chi connectivity index (χ0v) is 21.1. The van der Waals surface area contributed by atoms with E-state index in [1.165, 1.54) is 11.6 Å². The van der Waals surface area contributed by atoms with Gasteiger partial charge in [0.25, 0.3) is 0 Å². The number of imide groups is 2. The first-order valence-corrected chi connectivity index (χ1v) is 13.3. The minimum Gasteiger partial charge on any atom is -0.313 e. The highest BCUT2D eigenvalue weighted by molar-refractivity contribution is 6.29. The van der Waals surface area contributed by atoms with Crippen molar-refractivity contribution < 1.29 is 19.2 Å². The monoisotopic (exact) mass is 518 g/mol. The summed E-state index contributed by atoms with van der Waals surface area (Å²) in [5, 5.41) is 4.20. The van der Waals surface area contributed by atoms with Crippen LogP contribution < -0.4 is 10.6 Å². The van der Waals surface area contributed by atoms with Crippen LogP contribution in [0.15, 0.2) is 95.2 Å². The van der Waals surface area contributed by atoms with E-state index >= 15 is 0 Å². The maximum atomic E-state index is 13.5. The summed E-state index contributed by atoms with van der Waals surface area (Å²) in [6.45, 7) is 0. The summed E-state index contributed by atoms with van der Waals surface area (Å²) in [6, 6.07) is 19.7. The first kappa shape index (κ1) is 23.5. The van der Waals surface area contributed by atoms with E-state index in [2.05, 4.69) is 58.0 Å². The Hall–Kier alpha value is -4.59. The quantitative estimate of drug-likeness (QED) is 0.474. The largest absolute Gasteiger partial charge is 0.328 e. The Morgan fingerprint density at radius 2 is 1.51 bits per heavy atom. The van der Waals surface area contributed by atoms with Gasteiger partial charge in [0.2, 0.25) is 11.8 Å². The highest BCUT2D eigenvalue weighted by atomic mass is 16.2.